The van der Waals surface area contributed by atoms with Crippen LogP contribution in [0.5, 0.6) is 0 Å². The molecule has 0 fully saturated rings. The lowest BCUT2D eigenvalue weighted by atomic mass is 10.1. The Hall–Kier alpha value is -2.13. The van der Waals surface area contributed by atoms with Gasteiger partial charge in [0, 0.05) is 31.2 Å². The molecule has 0 saturated heterocycles. The summed E-state index contributed by atoms with van der Waals surface area (Å²) in [7, 11) is 1.58. The Bertz CT molecular complexity index is 482. The lowest BCUT2D eigenvalue weighted by molar-refractivity contribution is 0.828. The van der Waals surface area contributed by atoms with Crippen molar-refractivity contribution in [3.05, 3.63) is 34.6 Å². The number of aromatic nitrogens is 2. The Labute approximate surface area is 86.4 Å². The summed E-state index contributed by atoms with van der Waals surface area (Å²) in [6.45, 7) is 0. The molecule has 0 aliphatic heterocycles. The normalized spacial score (nSPS) is 13.3. The molecule has 1 atom stereocenters. The first-order valence-electron chi connectivity index (χ1n) is 4.20. The molecule has 0 saturated carbocycles. The number of nitrogens with two attached hydrogens (primary N) is 2. The number of hydrogen-bond acceptors (Lipinski definition) is 5. The Balaban J connectivity index is 3.34. The standard InChI is InChI=1S/C9H11N5O/c1-14-3-2-13-8(9(14)15)6(4-10)7(12)5-11/h2-4,7H,10,12H2,1H3/b6-4-. The second-order valence-corrected chi connectivity index (χ2v) is 2.92. The van der Waals surface area contributed by atoms with Crippen LogP contribution in [0.25, 0.3) is 5.57 Å². The van der Waals surface area contributed by atoms with Crippen molar-refractivity contribution in [3.63, 3.8) is 0 Å². The summed E-state index contributed by atoms with van der Waals surface area (Å²) in [5, 5.41) is 8.65. The van der Waals surface area contributed by atoms with E-state index in [1.165, 1.54) is 17.0 Å². The average Bonchev–Trinajstić information content (AvgIpc) is 2.24. The summed E-state index contributed by atoms with van der Waals surface area (Å²) in [5.41, 5.74) is 10.8. The summed E-state index contributed by atoms with van der Waals surface area (Å²) in [5.74, 6) is 0. The quantitative estimate of drug-likeness (QED) is 0.638. The van der Waals surface area contributed by atoms with Crippen LogP contribution in [0.15, 0.2) is 23.4 Å². The summed E-state index contributed by atoms with van der Waals surface area (Å²) in [6, 6.07) is 0.856. The minimum Gasteiger partial charge on any atom is -0.404 e. The van der Waals surface area contributed by atoms with Gasteiger partial charge in [0.1, 0.15) is 11.7 Å². The van der Waals surface area contributed by atoms with Crippen molar-refractivity contribution in [2.75, 3.05) is 0 Å². The fourth-order valence-electron chi connectivity index (χ4n) is 1.10. The summed E-state index contributed by atoms with van der Waals surface area (Å²) >= 11 is 0. The summed E-state index contributed by atoms with van der Waals surface area (Å²) in [6.07, 6.45) is 4.10. The highest BCUT2D eigenvalue weighted by molar-refractivity contribution is 5.68. The van der Waals surface area contributed by atoms with E-state index in [1.807, 2.05) is 0 Å². The summed E-state index contributed by atoms with van der Waals surface area (Å²) < 4.78 is 1.34. The maximum absolute atomic E-state index is 11.6. The Kier molecular flexibility index (Phi) is 3.21. The third-order valence-corrected chi connectivity index (χ3v) is 1.94. The molecule has 1 aromatic heterocycles. The van der Waals surface area contributed by atoms with Gasteiger partial charge in [-0.15, -0.1) is 0 Å². The van der Waals surface area contributed by atoms with E-state index in [1.54, 1.807) is 13.1 Å². The third-order valence-electron chi connectivity index (χ3n) is 1.94. The van der Waals surface area contributed by atoms with Gasteiger partial charge in [0.2, 0.25) is 0 Å². The van der Waals surface area contributed by atoms with Crippen molar-refractivity contribution < 1.29 is 0 Å². The van der Waals surface area contributed by atoms with Gasteiger partial charge in [0.25, 0.3) is 5.56 Å². The highest BCUT2D eigenvalue weighted by atomic mass is 16.1. The molecular weight excluding hydrogens is 194 g/mol. The fraction of sp³-hybridized carbons (Fsp3) is 0.222. The lowest BCUT2D eigenvalue weighted by Gasteiger charge is -2.07. The van der Waals surface area contributed by atoms with Crippen LogP contribution in [0.4, 0.5) is 0 Å². The molecule has 1 aromatic rings. The zero-order chi connectivity index (χ0) is 11.4. The van der Waals surface area contributed by atoms with Crippen LogP contribution in [-0.2, 0) is 7.05 Å². The highest BCUT2D eigenvalue weighted by Crippen LogP contribution is 2.08. The Morgan fingerprint density at radius 1 is 1.80 bits per heavy atom. The van der Waals surface area contributed by atoms with Gasteiger partial charge < -0.3 is 16.0 Å². The molecule has 1 unspecified atom stereocenters. The van der Waals surface area contributed by atoms with E-state index in [-0.39, 0.29) is 16.8 Å². The second-order valence-electron chi connectivity index (χ2n) is 2.92. The van der Waals surface area contributed by atoms with Crippen LogP contribution in [0.3, 0.4) is 0 Å². The van der Waals surface area contributed by atoms with Crippen molar-refractivity contribution in [2.45, 2.75) is 6.04 Å². The van der Waals surface area contributed by atoms with E-state index in [9.17, 15) is 4.79 Å². The largest absolute Gasteiger partial charge is 0.404 e. The molecule has 15 heavy (non-hydrogen) atoms. The minimum atomic E-state index is -0.947. The molecule has 6 nitrogen and oxygen atoms in total. The maximum Gasteiger partial charge on any atom is 0.276 e. The van der Waals surface area contributed by atoms with Crippen molar-refractivity contribution in [3.8, 4) is 6.07 Å². The van der Waals surface area contributed by atoms with Crippen LogP contribution in [0.2, 0.25) is 0 Å². The highest BCUT2D eigenvalue weighted by Gasteiger charge is 2.15. The second kappa shape index (κ2) is 4.39. The first kappa shape index (κ1) is 10.9. The molecule has 4 N–H and O–H groups in total. The van der Waals surface area contributed by atoms with Gasteiger partial charge in [-0.05, 0) is 0 Å². The van der Waals surface area contributed by atoms with E-state index in [4.69, 9.17) is 16.7 Å². The Morgan fingerprint density at radius 3 is 3.00 bits per heavy atom. The molecule has 0 amide bonds. The molecule has 0 spiro atoms. The number of rotatable bonds is 2. The number of aryl methyl sites for hydroxylation is 1. The fourth-order valence-corrected chi connectivity index (χ4v) is 1.10. The predicted molar refractivity (Wildman–Crippen MR) is 55.2 cm³/mol. The van der Waals surface area contributed by atoms with Crippen molar-refractivity contribution >= 4 is 5.57 Å². The molecule has 0 aliphatic rings. The van der Waals surface area contributed by atoms with Gasteiger partial charge >= 0.3 is 0 Å². The third kappa shape index (κ3) is 2.03. The Morgan fingerprint density at radius 2 is 2.47 bits per heavy atom. The van der Waals surface area contributed by atoms with Gasteiger partial charge in [-0.1, -0.05) is 0 Å². The smallest absolute Gasteiger partial charge is 0.276 e. The predicted octanol–water partition coefficient (Wildman–Crippen LogP) is -1.07. The molecule has 0 bridgehead atoms. The van der Waals surface area contributed by atoms with Crippen molar-refractivity contribution in [1.29, 1.82) is 5.26 Å². The first-order valence-corrected chi connectivity index (χ1v) is 4.20. The van der Waals surface area contributed by atoms with Crippen molar-refractivity contribution in [2.24, 2.45) is 18.5 Å². The van der Waals surface area contributed by atoms with Gasteiger partial charge in [0.05, 0.1) is 6.07 Å². The van der Waals surface area contributed by atoms with E-state index in [0.29, 0.717) is 0 Å². The molecule has 0 radical (unpaired) electrons. The molecule has 0 aromatic carbocycles. The average molecular weight is 205 g/mol. The minimum absolute atomic E-state index is 0.108. The maximum atomic E-state index is 11.6. The molecular formula is C9H11N5O. The van der Waals surface area contributed by atoms with E-state index in [2.05, 4.69) is 4.98 Å². The zero-order valence-corrected chi connectivity index (χ0v) is 8.21. The number of nitriles is 1. The van der Waals surface area contributed by atoms with Gasteiger partial charge in [-0.2, -0.15) is 5.26 Å². The summed E-state index contributed by atoms with van der Waals surface area (Å²) in [4.78, 5) is 15.5. The zero-order valence-electron chi connectivity index (χ0n) is 8.21. The molecule has 78 valence electrons. The molecule has 1 rings (SSSR count). The van der Waals surface area contributed by atoms with Gasteiger partial charge in [-0.25, -0.2) is 4.98 Å². The molecule has 1 heterocycles. The first-order chi connectivity index (χ1) is 7.11. The monoisotopic (exact) mass is 205 g/mol. The van der Waals surface area contributed by atoms with E-state index < -0.39 is 6.04 Å². The van der Waals surface area contributed by atoms with Crippen LogP contribution < -0.4 is 17.0 Å². The van der Waals surface area contributed by atoms with Gasteiger partial charge in [-0.3, -0.25) is 4.79 Å². The van der Waals surface area contributed by atoms with Crippen LogP contribution >= 0.6 is 0 Å². The molecule has 0 aliphatic carbocycles. The van der Waals surface area contributed by atoms with Gasteiger partial charge in [0.15, 0.2) is 0 Å². The topological polar surface area (TPSA) is 111 Å². The number of hydrogen-bond donors (Lipinski definition) is 2. The van der Waals surface area contributed by atoms with Crippen LogP contribution in [-0.4, -0.2) is 15.6 Å². The lowest BCUT2D eigenvalue weighted by Crippen LogP contribution is -2.28. The number of nitrogens with zero attached hydrogens (tertiary/aromatic N) is 3. The van der Waals surface area contributed by atoms with E-state index in [0.717, 1.165) is 6.20 Å². The SMILES string of the molecule is Cn1ccnc(/C(=C\N)C(N)C#N)c1=O. The van der Waals surface area contributed by atoms with Crippen molar-refractivity contribution in [1.82, 2.24) is 9.55 Å². The molecule has 6 heteroatoms. The van der Waals surface area contributed by atoms with Crippen LogP contribution in [0.1, 0.15) is 5.69 Å². The van der Waals surface area contributed by atoms with E-state index >= 15 is 0 Å². The van der Waals surface area contributed by atoms with Crippen LogP contribution in [0, 0.1) is 11.3 Å².